The monoisotopic (exact) mass is 325 g/mol. The number of hydrogen-bond donors (Lipinski definition) is 1. The number of phenols is 1. The van der Waals surface area contributed by atoms with Crippen LogP contribution in [-0.4, -0.2) is 9.67 Å². The normalized spacial score (nSPS) is 9.21. The first kappa shape index (κ1) is 19.4. The van der Waals surface area contributed by atoms with Gasteiger partial charge in [-0.3, -0.25) is 0 Å². The summed E-state index contributed by atoms with van der Waals surface area (Å²) in [6.45, 7) is 10.0. The molecule has 24 heavy (non-hydrogen) atoms. The minimum atomic E-state index is 0.126. The number of rotatable bonds is 3. The second-order valence-electron chi connectivity index (χ2n) is 4.66. The number of nitrogens with zero attached hydrogens (tertiary/aromatic N) is 1. The first-order valence-corrected chi connectivity index (χ1v) is 8.43. The minimum Gasteiger partial charge on any atom is -0.504 e. The van der Waals surface area contributed by atoms with Gasteiger partial charge in [0.25, 0.3) is 0 Å². The average molecular weight is 325 g/mol. The summed E-state index contributed by atoms with van der Waals surface area (Å²) in [4.78, 5) is 0. The van der Waals surface area contributed by atoms with Crippen LogP contribution in [0.2, 0.25) is 0 Å². The summed E-state index contributed by atoms with van der Waals surface area (Å²) in [5.74, 6) is 1.27. The quantitative estimate of drug-likeness (QED) is 0.610. The summed E-state index contributed by atoms with van der Waals surface area (Å²) in [6, 6.07) is 16.8. The molecule has 2 aromatic carbocycles. The molecule has 0 aliphatic rings. The third-order valence-electron chi connectivity index (χ3n) is 3.05. The molecule has 3 rings (SSSR count). The molecule has 0 saturated carbocycles. The standard InChI is InChI=1S/C17H15NO2.2C2H6/c1-13-9-10-18(12-13)14-7-8-16(19)17(11-14)20-15-5-3-2-4-6-15;2*1-2/h2-12,19H,1H3;2*1-2H3. The third-order valence-corrected chi connectivity index (χ3v) is 3.05. The van der Waals surface area contributed by atoms with Crippen molar-refractivity contribution in [3.05, 3.63) is 72.6 Å². The number of ether oxygens (including phenoxy) is 1. The van der Waals surface area contributed by atoms with E-state index in [1.165, 1.54) is 5.56 Å². The summed E-state index contributed by atoms with van der Waals surface area (Å²) in [7, 11) is 0. The Morgan fingerprint density at radius 2 is 1.54 bits per heavy atom. The number of aryl methyl sites for hydroxylation is 1. The zero-order chi connectivity index (χ0) is 17.9. The lowest BCUT2D eigenvalue weighted by Crippen LogP contribution is -1.91. The van der Waals surface area contributed by atoms with Crippen molar-refractivity contribution in [1.29, 1.82) is 0 Å². The molecule has 0 aliphatic carbocycles. The number of phenolic OH excluding ortho intramolecular Hbond substituents is 1. The van der Waals surface area contributed by atoms with Gasteiger partial charge in [-0.15, -0.1) is 0 Å². The van der Waals surface area contributed by atoms with Crippen molar-refractivity contribution in [3.8, 4) is 22.9 Å². The Labute approximate surface area is 145 Å². The van der Waals surface area contributed by atoms with Crippen LogP contribution < -0.4 is 4.74 Å². The van der Waals surface area contributed by atoms with Gasteiger partial charge in [0.15, 0.2) is 11.5 Å². The second-order valence-corrected chi connectivity index (χ2v) is 4.66. The lowest BCUT2D eigenvalue weighted by molar-refractivity contribution is 0.411. The summed E-state index contributed by atoms with van der Waals surface area (Å²) < 4.78 is 7.71. The highest BCUT2D eigenvalue weighted by Gasteiger charge is 2.06. The highest BCUT2D eigenvalue weighted by molar-refractivity contribution is 5.50. The van der Waals surface area contributed by atoms with Crippen molar-refractivity contribution in [2.75, 3.05) is 0 Å². The molecule has 0 aliphatic heterocycles. The van der Waals surface area contributed by atoms with Gasteiger partial charge in [0.1, 0.15) is 5.75 Å². The molecule has 0 radical (unpaired) electrons. The topological polar surface area (TPSA) is 34.4 Å². The maximum Gasteiger partial charge on any atom is 0.171 e. The van der Waals surface area contributed by atoms with Crippen LogP contribution in [0, 0.1) is 6.92 Å². The fourth-order valence-corrected chi connectivity index (χ4v) is 2.02. The highest BCUT2D eigenvalue weighted by Crippen LogP contribution is 2.32. The molecule has 0 bridgehead atoms. The van der Waals surface area contributed by atoms with Crippen LogP contribution in [0.15, 0.2) is 67.0 Å². The van der Waals surface area contributed by atoms with Crippen LogP contribution in [0.25, 0.3) is 5.69 Å². The molecule has 3 nitrogen and oxygen atoms in total. The number of aromatic nitrogens is 1. The number of para-hydroxylation sites is 1. The van der Waals surface area contributed by atoms with Crippen molar-refractivity contribution < 1.29 is 9.84 Å². The van der Waals surface area contributed by atoms with Crippen molar-refractivity contribution in [3.63, 3.8) is 0 Å². The average Bonchev–Trinajstić information content (AvgIpc) is 3.08. The predicted molar refractivity (Wildman–Crippen MR) is 101 cm³/mol. The van der Waals surface area contributed by atoms with Gasteiger partial charge in [-0.05, 0) is 42.8 Å². The summed E-state index contributed by atoms with van der Waals surface area (Å²) in [6.07, 6.45) is 4.01. The van der Waals surface area contributed by atoms with E-state index in [1.54, 1.807) is 6.07 Å². The molecule has 128 valence electrons. The van der Waals surface area contributed by atoms with E-state index >= 15 is 0 Å². The smallest absolute Gasteiger partial charge is 0.171 e. The van der Waals surface area contributed by atoms with Crippen LogP contribution >= 0.6 is 0 Å². The molecular formula is C21H27NO2. The molecule has 1 heterocycles. The van der Waals surface area contributed by atoms with E-state index in [1.807, 2.05) is 100 Å². The van der Waals surface area contributed by atoms with Crippen LogP contribution in [0.4, 0.5) is 0 Å². The fourth-order valence-electron chi connectivity index (χ4n) is 2.02. The zero-order valence-electron chi connectivity index (χ0n) is 15.2. The summed E-state index contributed by atoms with van der Waals surface area (Å²) >= 11 is 0. The van der Waals surface area contributed by atoms with Gasteiger partial charge < -0.3 is 14.4 Å². The fraction of sp³-hybridized carbons (Fsp3) is 0.238. The lowest BCUT2D eigenvalue weighted by atomic mass is 10.2. The van der Waals surface area contributed by atoms with E-state index in [9.17, 15) is 5.11 Å². The van der Waals surface area contributed by atoms with E-state index in [0.717, 1.165) is 5.69 Å². The largest absolute Gasteiger partial charge is 0.504 e. The molecule has 0 atom stereocenters. The van der Waals surface area contributed by atoms with Crippen molar-refractivity contribution in [1.82, 2.24) is 4.57 Å². The molecule has 0 fully saturated rings. The van der Waals surface area contributed by atoms with Gasteiger partial charge in [0, 0.05) is 24.1 Å². The Balaban J connectivity index is 0.000000671. The molecule has 3 heteroatoms. The molecule has 0 saturated heterocycles. The highest BCUT2D eigenvalue weighted by atomic mass is 16.5. The van der Waals surface area contributed by atoms with Gasteiger partial charge in [0.05, 0.1) is 0 Å². The Bertz CT molecular complexity index is 718. The Morgan fingerprint density at radius 3 is 2.12 bits per heavy atom. The first-order chi connectivity index (χ1) is 11.7. The van der Waals surface area contributed by atoms with Gasteiger partial charge in [0.2, 0.25) is 0 Å². The van der Waals surface area contributed by atoms with Gasteiger partial charge in [-0.2, -0.15) is 0 Å². The van der Waals surface area contributed by atoms with Gasteiger partial charge in [-0.1, -0.05) is 45.9 Å². The van der Waals surface area contributed by atoms with E-state index in [2.05, 4.69) is 0 Å². The molecule has 1 aromatic heterocycles. The van der Waals surface area contributed by atoms with E-state index in [-0.39, 0.29) is 5.75 Å². The van der Waals surface area contributed by atoms with E-state index in [4.69, 9.17) is 4.74 Å². The predicted octanol–water partition coefficient (Wildman–Crippen LogP) is 6.34. The number of hydrogen-bond acceptors (Lipinski definition) is 2. The Hall–Kier alpha value is -2.68. The summed E-state index contributed by atoms with van der Waals surface area (Å²) in [5, 5.41) is 9.91. The SMILES string of the molecule is CC.CC.Cc1ccn(-c2ccc(O)c(Oc3ccccc3)c2)c1. The molecule has 0 amide bonds. The molecule has 1 N–H and O–H groups in total. The molecule has 0 unspecified atom stereocenters. The van der Waals surface area contributed by atoms with Crippen molar-refractivity contribution in [2.45, 2.75) is 34.6 Å². The third kappa shape index (κ3) is 5.20. The minimum absolute atomic E-state index is 0.126. The molecular weight excluding hydrogens is 298 g/mol. The molecule has 3 aromatic rings. The second kappa shape index (κ2) is 10.2. The Morgan fingerprint density at radius 1 is 0.875 bits per heavy atom. The zero-order valence-corrected chi connectivity index (χ0v) is 15.2. The summed E-state index contributed by atoms with van der Waals surface area (Å²) in [5.41, 5.74) is 2.13. The maximum absolute atomic E-state index is 9.91. The first-order valence-electron chi connectivity index (χ1n) is 8.43. The van der Waals surface area contributed by atoms with Crippen molar-refractivity contribution in [2.24, 2.45) is 0 Å². The van der Waals surface area contributed by atoms with Gasteiger partial charge >= 0.3 is 0 Å². The van der Waals surface area contributed by atoms with Crippen molar-refractivity contribution >= 4 is 0 Å². The van der Waals surface area contributed by atoms with Crippen LogP contribution in [0.5, 0.6) is 17.2 Å². The van der Waals surface area contributed by atoms with Crippen LogP contribution in [0.1, 0.15) is 33.3 Å². The van der Waals surface area contributed by atoms with E-state index < -0.39 is 0 Å². The van der Waals surface area contributed by atoms with E-state index in [0.29, 0.717) is 11.5 Å². The van der Waals surface area contributed by atoms with Gasteiger partial charge in [-0.25, -0.2) is 0 Å². The van der Waals surface area contributed by atoms with Crippen LogP contribution in [-0.2, 0) is 0 Å². The molecule has 0 spiro atoms. The lowest BCUT2D eigenvalue weighted by Gasteiger charge is -2.10. The number of benzene rings is 2. The number of aromatic hydroxyl groups is 1. The Kier molecular flexibility index (Phi) is 8.20. The van der Waals surface area contributed by atoms with Crippen LogP contribution in [0.3, 0.4) is 0 Å². The maximum atomic E-state index is 9.91.